The van der Waals surface area contributed by atoms with Crippen LogP contribution < -0.4 is 5.32 Å². The van der Waals surface area contributed by atoms with Crippen LogP contribution in [-0.2, 0) is 4.74 Å². The Bertz CT molecular complexity index is 317. The third-order valence-electron chi connectivity index (χ3n) is 2.09. The van der Waals surface area contributed by atoms with Crippen LogP contribution in [0.15, 0.2) is 18.2 Å². The Labute approximate surface area is 88.3 Å². The predicted molar refractivity (Wildman–Crippen MR) is 55.9 cm³/mol. The highest BCUT2D eigenvalue weighted by Gasteiger charge is 2.07. The first-order valence-corrected chi connectivity index (χ1v) is 4.84. The minimum Gasteiger partial charge on any atom is -0.385 e. The van der Waals surface area contributed by atoms with E-state index in [1.807, 2.05) is 6.92 Å². The molecule has 1 unspecified atom stereocenters. The highest BCUT2D eigenvalue weighted by Crippen LogP contribution is 2.16. The number of nitrogens with one attached hydrogen (secondary N) is 1. The van der Waals surface area contributed by atoms with Gasteiger partial charge in [-0.15, -0.1) is 0 Å². The SMILES string of the molecule is COCCC(C)Nc1cc(F)ccc1F. The summed E-state index contributed by atoms with van der Waals surface area (Å²) in [4.78, 5) is 0. The summed E-state index contributed by atoms with van der Waals surface area (Å²) in [7, 11) is 1.61. The normalized spacial score (nSPS) is 12.5. The summed E-state index contributed by atoms with van der Waals surface area (Å²) in [6.45, 7) is 2.48. The minimum atomic E-state index is -0.446. The lowest BCUT2D eigenvalue weighted by atomic mass is 10.2. The van der Waals surface area contributed by atoms with Crippen LogP contribution >= 0.6 is 0 Å². The zero-order chi connectivity index (χ0) is 11.3. The Morgan fingerprint density at radius 1 is 1.40 bits per heavy atom. The van der Waals surface area contributed by atoms with Crippen LogP contribution in [-0.4, -0.2) is 19.8 Å². The lowest BCUT2D eigenvalue weighted by Crippen LogP contribution is -2.18. The summed E-state index contributed by atoms with van der Waals surface area (Å²) < 4.78 is 30.9. The second-order valence-electron chi connectivity index (χ2n) is 3.45. The van der Waals surface area contributed by atoms with Gasteiger partial charge in [0.25, 0.3) is 0 Å². The maximum atomic E-state index is 13.2. The van der Waals surface area contributed by atoms with Gasteiger partial charge in [0.2, 0.25) is 0 Å². The van der Waals surface area contributed by atoms with Crippen LogP contribution in [0.4, 0.5) is 14.5 Å². The average Bonchev–Trinajstić information content (AvgIpc) is 2.20. The molecule has 84 valence electrons. The summed E-state index contributed by atoms with van der Waals surface area (Å²) >= 11 is 0. The molecular weight excluding hydrogens is 200 g/mol. The van der Waals surface area contributed by atoms with E-state index < -0.39 is 11.6 Å². The number of methoxy groups -OCH3 is 1. The van der Waals surface area contributed by atoms with E-state index in [9.17, 15) is 8.78 Å². The van der Waals surface area contributed by atoms with Crippen LogP contribution in [0.2, 0.25) is 0 Å². The number of benzene rings is 1. The van der Waals surface area contributed by atoms with Crippen molar-refractivity contribution in [2.24, 2.45) is 0 Å². The summed E-state index contributed by atoms with van der Waals surface area (Å²) in [6, 6.07) is 3.40. The molecule has 0 aliphatic heterocycles. The Kier molecular flexibility index (Phi) is 4.49. The van der Waals surface area contributed by atoms with E-state index in [2.05, 4.69) is 5.32 Å². The predicted octanol–water partition coefficient (Wildman–Crippen LogP) is 2.80. The van der Waals surface area contributed by atoms with Gasteiger partial charge >= 0.3 is 0 Å². The molecule has 0 bridgehead atoms. The maximum absolute atomic E-state index is 13.2. The molecule has 0 aliphatic rings. The van der Waals surface area contributed by atoms with Gasteiger partial charge in [0.15, 0.2) is 0 Å². The van der Waals surface area contributed by atoms with E-state index in [-0.39, 0.29) is 11.7 Å². The fraction of sp³-hybridized carbons (Fsp3) is 0.455. The van der Waals surface area contributed by atoms with Crippen LogP contribution in [0, 0.1) is 11.6 Å². The monoisotopic (exact) mass is 215 g/mol. The fourth-order valence-corrected chi connectivity index (χ4v) is 1.24. The van der Waals surface area contributed by atoms with Gasteiger partial charge in [-0.25, -0.2) is 8.78 Å². The average molecular weight is 215 g/mol. The largest absolute Gasteiger partial charge is 0.385 e. The van der Waals surface area contributed by atoms with Crippen molar-refractivity contribution in [2.75, 3.05) is 19.0 Å². The van der Waals surface area contributed by atoms with Crippen LogP contribution in [0.3, 0.4) is 0 Å². The Hall–Kier alpha value is -1.16. The Balaban J connectivity index is 2.59. The molecule has 1 atom stereocenters. The van der Waals surface area contributed by atoms with Crippen molar-refractivity contribution in [3.05, 3.63) is 29.8 Å². The second kappa shape index (κ2) is 5.66. The van der Waals surface area contributed by atoms with Crippen LogP contribution in [0.25, 0.3) is 0 Å². The number of rotatable bonds is 5. The van der Waals surface area contributed by atoms with Crippen molar-refractivity contribution in [1.82, 2.24) is 0 Å². The van der Waals surface area contributed by atoms with Gasteiger partial charge in [-0.1, -0.05) is 0 Å². The number of hydrogen-bond donors (Lipinski definition) is 1. The van der Waals surface area contributed by atoms with E-state index in [1.165, 1.54) is 0 Å². The first-order valence-electron chi connectivity index (χ1n) is 4.84. The van der Waals surface area contributed by atoms with E-state index >= 15 is 0 Å². The molecule has 0 fully saturated rings. The molecule has 0 spiro atoms. The molecule has 0 aromatic heterocycles. The van der Waals surface area contributed by atoms with Crippen molar-refractivity contribution >= 4 is 5.69 Å². The van der Waals surface area contributed by atoms with Gasteiger partial charge in [-0.05, 0) is 31.5 Å². The van der Waals surface area contributed by atoms with Gasteiger partial charge < -0.3 is 10.1 Å². The third-order valence-corrected chi connectivity index (χ3v) is 2.09. The lowest BCUT2D eigenvalue weighted by molar-refractivity contribution is 0.191. The highest BCUT2D eigenvalue weighted by atomic mass is 19.1. The number of anilines is 1. The highest BCUT2D eigenvalue weighted by molar-refractivity contribution is 5.45. The fourth-order valence-electron chi connectivity index (χ4n) is 1.24. The molecule has 2 nitrogen and oxygen atoms in total. The lowest BCUT2D eigenvalue weighted by Gasteiger charge is -2.15. The van der Waals surface area contributed by atoms with Crippen molar-refractivity contribution in [3.8, 4) is 0 Å². The molecule has 4 heteroatoms. The van der Waals surface area contributed by atoms with Gasteiger partial charge in [-0.3, -0.25) is 0 Å². The number of halogens is 2. The molecule has 1 aromatic carbocycles. The van der Waals surface area contributed by atoms with E-state index in [4.69, 9.17) is 4.74 Å². The zero-order valence-corrected chi connectivity index (χ0v) is 8.89. The molecule has 0 amide bonds. The summed E-state index contributed by atoms with van der Waals surface area (Å²) in [6.07, 6.45) is 0.743. The molecule has 0 radical (unpaired) electrons. The zero-order valence-electron chi connectivity index (χ0n) is 8.89. The van der Waals surface area contributed by atoms with Crippen molar-refractivity contribution < 1.29 is 13.5 Å². The quantitative estimate of drug-likeness (QED) is 0.815. The first-order chi connectivity index (χ1) is 7.13. The van der Waals surface area contributed by atoms with Crippen molar-refractivity contribution in [2.45, 2.75) is 19.4 Å². The van der Waals surface area contributed by atoms with Gasteiger partial charge in [0, 0.05) is 19.8 Å². The molecule has 1 N–H and O–H groups in total. The molecule has 1 rings (SSSR count). The number of hydrogen-bond acceptors (Lipinski definition) is 2. The Morgan fingerprint density at radius 3 is 2.80 bits per heavy atom. The Morgan fingerprint density at radius 2 is 2.13 bits per heavy atom. The summed E-state index contributed by atoms with van der Waals surface area (Å²) in [5, 5.41) is 2.89. The molecule has 0 heterocycles. The smallest absolute Gasteiger partial charge is 0.146 e. The van der Waals surface area contributed by atoms with E-state index in [0.717, 1.165) is 24.6 Å². The summed E-state index contributed by atoms with van der Waals surface area (Å²) in [5.74, 6) is -0.890. The van der Waals surface area contributed by atoms with Crippen LogP contribution in [0.1, 0.15) is 13.3 Å². The molecule has 0 saturated carbocycles. The number of ether oxygens (including phenoxy) is 1. The molecule has 1 aromatic rings. The van der Waals surface area contributed by atoms with Crippen LogP contribution in [0.5, 0.6) is 0 Å². The standard InChI is InChI=1S/C11H15F2NO/c1-8(5-6-15-2)14-11-7-9(12)3-4-10(11)13/h3-4,7-8,14H,5-6H2,1-2H3. The first kappa shape index (κ1) is 11.9. The minimum absolute atomic E-state index is 0.0428. The van der Waals surface area contributed by atoms with E-state index in [0.29, 0.717) is 6.61 Å². The molecule has 0 saturated heterocycles. The maximum Gasteiger partial charge on any atom is 0.146 e. The topological polar surface area (TPSA) is 21.3 Å². The second-order valence-corrected chi connectivity index (χ2v) is 3.45. The molecular formula is C11H15F2NO. The van der Waals surface area contributed by atoms with Gasteiger partial charge in [0.05, 0.1) is 5.69 Å². The van der Waals surface area contributed by atoms with E-state index in [1.54, 1.807) is 7.11 Å². The van der Waals surface area contributed by atoms with Gasteiger partial charge in [0.1, 0.15) is 11.6 Å². The third kappa shape index (κ3) is 3.83. The van der Waals surface area contributed by atoms with Crippen molar-refractivity contribution in [1.29, 1.82) is 0 Å². The summed E-state index contributed by atoms with van der Waals surface area (Å²) in [5.41, 5.74) is 0.193. The van der Waals surface area contributed by atoms with Gasteiger partial charge in [-0.2, -0.15) is 0 Å². The molecule has 0 aliphatic carbocycles. The molecule has 15 heavy (non-hydrogen) atoms. The van der Waals surface area contributed by atoms with Crippen molar-refractivity contribution in [3.63, 3.8) is 0 Å².